The van der Waals surface area contributed by atoms with Crippen LogP contribution in [-0.2, 0) is 14.3 Å². The van der Waals surface area contributed by atoms with Gasteiger partial charge in [0.25, 0.3) is 0 Å². The number of hydrogen-bond donors (Lipinski definition) is 3. The van der Waals surface area contributed by atoms with Crippen LogP contribution in [0.1, 0.15) is 97.5 Å². The van der Waals surface area contributed by atoms with Crippen LogP contribution in [0.2, 0.25) is 0 Å². The summed E-state index contributed by atoms with van der Waals surface area (Å²) in [5.74, 6) is 0.574. The third-order valence-electron chi connectivity index (χ3n) is 9.24. The fourth-order valence-electron chi connectivity index (χ4n) is 6.99. The van der Waals surface area contributed by atoms with Crippen molar-refractivity contribution >= 4 is 46.7 Å². The number of aromatic nitrogens is 2. The predicted molar refractivity (Wildman–Crippen MR) is 179 cm³/mol. The van der Waals surface area contributed by atoms with E-state index in [1.54, 1.807) is 38.9 Å². The molecule has 11 nitrogen and oxygen atoms in total. The lowest BCUT2D eigenvalue weighted by molar-refractivity contribution is -0.139. The summed E-state index contributed by atoms with van der Waals surface area (Å²) < 4.78 is 5.28. The molecule has 2 amide bonds. The topological polar surface area (TPSA) is 137 Å². The summed E-state index contributed by atoms with van der Waals surface area (Å²) in [4.78, 5) is 50.9. The van der Waals surface area contributed by atoms with Crippen LogP contribution in [0.25, 0.3) is 5.57 Å². The Bertz CT molecular complexity index is 1440. The van der Waals surface area contributed by atoms with E-state index in [4.69, 9.17) is 9.72 Å². The summed E-state index contributed by atoms with van der Waals surface area (Å²) in [6, 6.07) is 6.99. The van der Waals surface area contributed by atoms with Gasteiger partial charge in [0.15, 0.2) is 5.82 Å². The number of carboxylic acids is 1. The Morgan fingerprint density at radius 2 is 1.74 bits per heavy atom. The first-order chi connectivity index (χ1) is 21.9. The Morgan fingerprint density at radius 3 is 2.35 bits per heavy atom. The molecule has 2 atom stereocenters. The van der Waals surface area contributed by atoms with Crippen molar-refractivity contribution in [3.63, 3.8) is 0 Å². The Kier molecular flexibility index (Phi) is 10.2. The first-order valence-electron chi connectivity index (χ1n) is 16.7. The number of allylic oxidation sites excluding steroid dienone is 1. The van der Waals surface area contributed by atoms with E-state index in [2.05, 4.69) is 27.4 Å². The van der Waals surface area contributed by atoms with Crippen LogP contribution in [-0.4, -0.2) is 63.8 Å². The summed E-state index contributed by atoms with van der Waals surface area (Å²) in [6.07, 6.45) is 12.6. The van der Waals surface area contributed by atoms with Crippen molar-refractivity contribution in [3.05, 3.63) is 42.1 Å². The zero-order chi connectivity index (χ0) is 33.0. The number of hydrogen-bond acceptors (Lipinski definition) is 8. The van der Waals surface area contributed by atoms with E-state index < -0.39 is 23.7 Å². The number of ether oxygens (including phenoxy) is 1. The molecule has 5 rings (SSSR count). The number of likely N-dealkylation sites (N-methyl/N-ethyl adjacent to an activating group) is 1. The molecule has 0 spiro atoms. The average molecular weight is 633 g/mol. The molecule has 0 unspecified atom stereocenters. The van der Waals surface area contributed by atoms with E-state index in [0.29, 0.717) is 24.3 Å². The van der Waals surface area contributed by atoms with Gasteiger partial charge >= 0.3 is 12.1 Å². The van der Waals surface area contributed by atoms with Crippen molar-refractivity contribution in [2.45, 2.75) is 116 Å². The molecule has 3 N–H and O–H groups in total. The number of benzene rings is 1. The SMILES string of the molecule is CC[C@@H]1C(=O)N(C)c2cnc(Nc3ccc(/C(=C/C[C@H](NC(=O)OC(C)(C)C)C(=O)O)C4CCCC4)cc3)nc2N1C1CCCC1. The Labute approximate surface area is 271 Å². The summed E-state index contributed by atoms with van der Waals surface area (Å²) in [5, 5.41) is 15.7. The number of carboxylic acid groups (broad SMARTS) is 1. The summed E-state index contributed by atoms with van der Waals surface area (Å²) in [7, 11) is 1.80. The molecule has 46 heavy (non-hydrogen) atoms. The fourth-order valence-corrected chi connectivity index (χ4v) is 6.99. The smallest absolute Gasteiger partial charge is 0.408 e. The number of fused-ring (bicyclic) bond motifs is 1. The number of amides is 2. The van der Waals surface area contributed by atoms with E-state index in [-0.39, 0.29) is 18.4 Å². The van der Waals surface area contributed by atoms with Gasteiger partial charge in [-0.1, -0.05) is 50.8 Å². The third kappa shape index (κ3) is 7.62. The largest absolute Gasteiger partial charge is 0.480 e. The van der Waals surface area contributed by atoms with Gasteiger partial charge < -0.3 is 30.3 Å². The van der Waals surface area contributed by atoms with Crippen LogP contribution in [0.15, 0.2) is 36.5 Å². The lowest BCUT2D eigenvalue weighted by Gasteiger charge is -2.43. The molecule has 2 fully saturated rings. The minimum Gasteiger partial charge on any atom is -0.480 e. The first-order valence-corrected chi connectivity index (χ1v) is 16.7. The number of nitrogens with one attached hydrogen (secondary N) is 2. The van der Waals surface area contributed by atoms with Crippen molar-refractivity contribution in [1.82, 2.24) is 15.3 Å². The monoisotopic (exact) mass is 632 g/mol. The third-order valence-corrected chi connectivity index (χ3v) is 9.24. The van der Waals surface area contributed by atoms with Gasteiger partial charge in [0.2, 0.25) is 11.9 Å². The molecule has 2 aromatic rings. The fraction of sp³-hybridized carbons (Fsp3) is 0.571. The number of nitrogens with zero attached hydrogens (tertiary/aromatic N) is 4. The summed E-state index contributed by atoms with van der Waals surface area (Å²) in [5.41, 5.74) is 2.94. The van der Waals surface area contributed by atoms with Gasteiger partial charge in [-0.05, 0) is 88.5 Å². The molecule has 3 aliphatic rings. The maximum Gasteiger partial charge on any atom is 0.408 e. The maximum absolute atomic E-state index is 13.2. The van der Waals surface area contributed by atoms with Crippen LogP contribution in [0.4, 0.5) is 27.9 Å². The minimum atomic E-state index is -1.11. The second-order valence-electron chi connectivity index (χ2n) is 13.7. The highest BCUT2D eigenvalue weighted by atomic mass is 16.6. The molecule has 248 valence electrons. The van der Waals surface area contributed by atoms with E-state index in [1.165, 1.54) is 0 Å². The minimum absolute atomic E-state index is 0.0863. The molecule has 0 bridgehead atoms. The zero-order valence-electron chi connectivity index (χ0n) is 27.7. The number of carbonyl (C=O) groups excluding carboxylic acids is 2. The van der Waals surface area contributed by atoms with Crippen LogP contribution in [0, 0.1) is 5.92 Å². The normalized spacial score (nSPS) is 20.1. The molecule has 2 heterocycles. The Hall–Kier alpha value is -4.15. The second-order valence-corrected chi connectivity index (χ2v) is 13.7. The molecular weight excluding hydrogens is 584 g/mol. The maximum atomic E-state index is 13.2. The molecule has 0 radical (unpaired) electrons. The van der Waals surface area contributed by atoms with Gasteiger partial charge in [-0.2, -0.15) is 4.98 Å². The van der Waals surface area contributed by atoms with Crippen molar-refractivity contribution in [3.8, 4) is 0 Å². The van der Waals surface area contributed by atoms with Crippen LogP contribution in [0.3, 0.4) is 0 Å². The molecule has 11 heteroatoms. The number of alkyl carbamates (subject to hydrolysis) is 1. The average Bonchev–Trinajstić information content (AvgIpc) is 3.73. The highest BCUT2D eigenvalue weighted by Crippen LogP contribution is 2.41. The van der Waals surface area contributed by atoms with Gasteiger partial charge in [0, 0.05) is 18.8 Å². The number of anilines is 4. The lowest BCUT2D eigenvalue weighted by atomic mass is 9.89. The Morgan fingerprint density at radius 1 is 1.09 bits per heavy atom. The van der Waals surface area contributed by atoms with Gasteiger partial charge in [0.05, 0.1) is 6.20 Å². The van der Waals surface area contributed by atoms with Crippen molar-refractivity contribution < 1.29 is 24.2 Å². The lowest BCUT2D eigenvalue weighted by Crippen LogP contribution is -2.55. The standard InChI is InChI=1S/C35H48N6O5/c1-6-28-31(42)40(5)29-21-36-33(39-30(29)41(28)25-13-9-10-14-25)37-24-17-15-23(16-18-24)26(22-11-7-8-12-22)19-20-27(32(43)44)38-34(45)46-35(2,3)4/h15-19,21-22,25,27-28H,6-14,20H2,1-5H3,(H,38,45)(H,43,44)(H,36,37,39)/b26-19+/t27-,28+/m0/s1. The summed E-state index contributed by atoms with van der Waals surface area (Å²) in [6.45, 7) is 7.28. The summed E-state index contributed by atoms with van der Waals surface area (Å²) >= 11 is 0. The van der Waals surface area contributed by atoms with Crippen LogP contribution < -0.4 is 20.4 Å². The van der Waals surface area contributed by atoms with E-state index in [9.17, 15) is 19.5 Å². The van der Waals surface area contributed by atoms with Crippen molar-refractivity contribution in [1.29, 1.82) is 0 Å². The van der Waals surface area contributed by atoms with E-state index in [0.717, 1.165) is 79.7 Å². The number of rotatable bonds is 10. The first kappa shape index (κ1) is 33.2. The molecule has 1 aromatic heterocycles. The molecule has 1 aromatic carbocycles. The Balaban J connectivity index is 1.35. The highest BCUT2D eigenvalue weighted by Gasteiger charge is 2.41. The van der Waals surface area contributed by atoms with Crippen LogP contribution >= 0.6 is 0 Å². The molecule has 0 saturated heterocycles. The van der Waals surface area contributed by atoms with E-state index >= 15 is 0 Å². The highest BCUT2D eigenvalue weighted by molar-refractivity contribution is 6.04. The van der Waals surface area contributed by atoms with Gasteiger partial charge in [-0.25, -0.2) is 14.6 Å². The molecule has 2 aliphatic carbocycles. The molecule has 2 saturated carbocycles. The molecular formula is C35H48N6O5. The van der Waals surface area contributed by atoms with Crippen molar-refractivity contribution in [2.75, 3.05) is 22.2 Å². The van der Waals surface area contributed by atoms with Gasteiger partial charge in [-0.15, -0.1) is 0 Å². The van der Waals surface area contributed by atoms with Gasteiger partial charge in [0.1, 0.15) is 23.4 Å². The van der Waals surface area contributed by atoms with Gasteiger partial charge in [-0.3, -0.25) is 4.79 Å². The molecule has 1 aliphatic heterocycles. The van der Waals surface area contributed by atoms with Crippen molar-refractivity contribution in [2.24, 2.45) is 5.92 Å². The zero-order valence-corrected chi connectivity index (χ0v) is 27.7. The second kappa shape index (κ2) is 14.1. The predicted octanol–water partition coefficient (Wildman–Crippen LogP) is 6.67. The number of aliphatic carboxylic acids is 1. The van der Waals surface area contributed by atoms with Crippen LogP contribution in [0.5, 0.6) is 0 Å². The quantitative estimate of drug-likeness (QED) is 0.262. The number of carbonyl (C=O) groups is 3. The van der Waals surface area contributed by atoms with E-state index in [1.807, 2.05) is 30.3 Å².